The number of carbonyl (C=O) groups excluding carboxylic acids is 2. The molecule has 4 aromatic rings. The van der Waals surface area contributed by atoms with E-state index in [0.717, 1.165) is 5.56 Å². The summed E-state index contributed by atoms with van der Waals surface area (Å²) in [5.41, 5.74) is 0.293. The van der Waals surface area contributed by atoms with Crippen molar-refractivity contribution in [2.45, 2.75) is 49.7 Å². The van der Waals surface area contributed by atoms with Gasteiger partial charge >= 0.3 is 5.97 Å². The van der Waals surface area contributed by atoms with Gasteiger partial charge in [0.2, 0.25) is 0 Å². The summed E-state index contributed by atoms with van der Waals surface area (Å²) in [4.78, 5) is 38.2. The van der Waals surface area contributed by atoms with Crippen LogP contribution in [0.4, 0.5) is 5.82 Å². The predicted octanol–water partition coefficient (Wildman–Crippen LogP) is 3.83. The number of rotatable bonds is 11. The first kappa shape index (κ1) is 31.9. The molecule has 3 heterocycles. The molecule has 1 saturated heterocycles. The first-order chi connectivity index (χ1) is 21.5. The summed E-state index contributed by atoms with van der Waals surface area (Å²) in [5, 5.41) is 2.75. The number of fused-ring (bicyclic) bond motifs is 1. The molecular formula is C31H33N5O8S. The smallest absolute Gasteiger partial charge is 0.303 e. The molecule has 0 spiro atoms. The Kier molecular flexibility index (Phi) is 9.11. The van der Waals surface area contributed by atoms with E-state index in [1.54, 1.807) is 55.5 Å². The standard InChI is InChI=1S/C31H33N5O8S/c1-6-20(3)31(16-42-45(39,40)23-14-12-19(2)13-15-23)26(41-5)25(43-21(4)37)30(44-31)36-18-34-24-27(32-17-33-28(24)36)35-29(38)22-10-8-7-9-11-22/h6-15,17-18,20,25-26,30H,1,16H2,2-5H3,(H,32,33,35,38)/t20-,25+,26-,30+,31+/m0/s1. The number of ether oxygens (including phenoxy) is 3. The second-order valence-electron chi connectivity index (χ2n) is 10.6. The fourth-order valence-corrected chi connectivity index (χ4v) is 6.25. The number of imidazole rings is 1. The Morgan fingerprint density at radius 3 is 2.49 bits per heavy atom. The van der Waals surface area contributed by atoms with Gasteiger partial charge in [0.05, 0.1) is 17.8 Å². The lowest BCUT2D eigenvalue weighted by atomic mass is 9.83. The van der Waals surface area contributed by atoms with Crippen LogP contribution >= 0.6 is 0 Å². The van der Waals surface area contributed by atoms with Crippen LogP contribution in [-0.2, 0) is 33.3 Å². The molecule has 0 unspecified atom stereocenters. The topological polar surface area (TPSA) is 161 Å². The highest BCUT2D eigenvalue weighted by molar-refractivity contribution is 7.86. The van der Waals surface area contributed by atoms with Gasteiger partial charge in [-0.1, -0.05) is 48.9 Å². The lowest BCUT2D eigenvalue weighted by Crippen LogP contribution is -2.53. The largest absolute Gasteiger partial charge is 0.455 e. The van der Waals surface area contributed by atoms with Crippen LogP contribution in [0.1, 0.15) is 36.0 Å². The van der Waals surface area contributed by atoms with Crippen LogP contribution in [0.25, 0.3) is 11.2 Å². The average molecular weight is 636 g/mol. The zero-order chi connectivity index (χ0) is 32.4. The molecule has 1 amide bonds. The summed E-state index contributed by atoms with van der Waals surface area (Å²) >= 11 is 0. The van der Waals surface area contributed by atoms with Gasteiger partial charge in [-0.2, -0.15) is 8.42 Å². The number of anilines is 1. The van der Waals surface area contributed by atoms with E-state index in [4.69, 9.17) is 18.4 Å². The number of amides is 1. The molecule has 45 heavy (non-hydrogen) atoms. The number of carbonyl (C=O) groups is 2. The third kappa shape index (κ3) is 6.22. The van der Waals surface area contributed by atoms with Crippen molar-refractivity contribution in [3.63, 3.8) is 0 Å². The Bertz CT molecular complexity index is 1810. The van der Waals surface area contributed by atoms with Gasteiger partial charge in [-0.25, -0.2) is 15.0 Å². The van der Waals surface area contributed by atoms with Gasteiger partial charge in [0.25, 0.3) is 16.0 Å². The molecule has 5 atom stereocenters. The highest BCUT2D eigenvalue weighted by atomic mass is 32.2. The quantitative estimate of drug-likeness (QED) is 0.145. The Morgan fingerprint density at radius 1 is 1.13 bits per heavy atom. The number of aromatic nitrogens is 4. The van der Waals surface area contributed by atoms with Gasteiger partial charge in [-0.3, -0.25) is 18.3 Å². The fourth-order valence-electron chi connectivity index (χ4n) is 5.30. The SMILES string of the molecule is C=C[C@H](C)[C@@]1(COS(=O)(=O)c2ccc(C)cc2)O[C@@H](n2cnc3c(NC(=O)c4ccccc4)ncnc32)[C@H](OC(C)=O)[C@@H]1OC. The van der Waals surface area contributed by atoms with Crippen molar-refractivity contribution in [3.05, 3.63) is 91.0 Å². The predicted molar refractivity (Wildman–Crippen MR) is 163 cm³/mol. The van der Waals surface area contributed by atoms with Gasteiger partial charge in [-0.15, -0.1) is 6.58 Å². The Balaban J connectivity index is 1.53. The Morgan fingerprint density at radius 2 is 1.84 bits per heavy atom. The van der Waals surface area contributed by atoms with Crippen LogP contribution in [0.2, 0.25) is 0 Å². The van der Waals surface area contributed by atoms with E-state index in [1.165, 1.54) is 43.4 Å². The van der Waals surface area contributed by atoms with Crippen molar-refractivity contribution in [2.75, 3.05) is 19.0 Å². The molecule has 2 aromatic carbocycles. The molecule has 0 bridgehead atoms. The van der Waals surface area contributed by atoms with Crippen molar-refractivity contribution in [3.8, 4) is 0 Å². The number of hydrogen-bond acceptors (Lipinski definition) is 11. The van der Waals surface area contributed by atoms with Crippen LogP contribution in [0.15, 0.2) is 84.8 Å². The third-order valence-electron chi connectivity index (χ3n) is 7.73. The molecule has 13 nitrogen and oxygen atoms in total. The van der Waals surface area contributed by atoms with Crippen molar-refractivity contribution in [1.29, 1.82) is 0 Å². The lowest BCUT2D eigenvalue weighted by molar-refractivity contribution is -0.156. The number of methoxy groups -OCH3 is 1. The van der Waals surface area contributed by atoms with Crippen LogP contribution in [0, 0.1) is 12.8 Å². The van der Waals surface area contributed by atoms with Crippen molar-refractivity contribution < 1.29 is 36.4 Å². The van der Waals surface area contributed by atoms with Gasteiger partial charge in [0, 0.05) is 25.5 Å². The molecule has 0 radical (unpaired) electrons. The number of nitrogens with one attached hydrogen (secondary N) is 1. The summed E-state index contributed by atoms with van der Waals surface area (Å²) in [6, 6.07) is 14.8. The van der Waals surface area contributed by atoms with Gasteiger partial charge in [0.15, 0.2) is 29.3 Å². The van der Waals surface area contributed by atoms with Crippen LogP contribution in [0.3, 0.4) is 0 Å². The number of aryl methyl sites for hydroxylation is 1. The first-order valence-corrected chi connectivity index (χ1v) is 15.4. The molecule has 14 heteroatoms. The summed E-state index contributed by atoms with van der Waals surface area (Å²) in [5.74, 6) is -1.44. The fraction of sp³-hybridized carbons (Fsp3) is 0.323. The highest BCUT2D eigenvalue weighted by Crippen LogP contribution is 2.46. The summed E-state index contributed by atoms with van der Waals surface area (Å²) in [6.45, 7) is 8.24. The minimum Gasteiger partial charge on any atom is -0.455 e. The Hall–Kier alpha value is -4.50. The summed E-state index contributed by atoms with van der Waals surface area (Å²) in [7, 11) is -2.82. The molecule has 1 N–H and O–H groups in total. The van der Waals surface area contributed by atoms with Crippen molar-refractivity contribution >= 4 is 39.0 Å². The molecule has 2 aromatic heterocycles. The molecule has 1 aliphatic heterocycles. The van der Waals surface area contributed by atoms with Crippen LogP contribution in [-0.4, -0.2) is 71.3 Å². The Labute approximate surface area is 260 Å². The van der Waals surface area contributed by atoms with E-state index in [1.807, 2.05) is 6.92 Å². The second-order valence-corrected chi connectivity index (χ2v) is 12.2. The van der Waals surface area contributed by atoms with Crippen LogP contribution < -0.4 is 5.32 Å². The van der Waals surface area contributed by atoms with E-state index in [-0.39, 0.29) is 21.9 Å². The van der Waals surface area contributed by atoms with E-state index in [2.05, 4.69) is 26.8 Å². The van der Waals surface area contributed by atoms with E-state index in [0.29, 0.717) is 5.56 Å². The maximum Gasteiger partial charge on any atom is 0.303 e. The molecular weight excluding hydrogens is 602 g/mol. The summed E-state index contributed by atoms with van der Waals surface area (Å²) in [6.07, 6.45) is 1.00. The average Bonchev–Trinajstić information content (AvgIpc) is 3.60. The van der Waals surface area contributed by atoms with E-state index in [9.17, 15) is 18.0 Å². The van der Waals surface area contributed by atoms with Crippen LogP contribution in [0.5, 0.6) is 0 Å². The molecule has 0 aliphatic carbocycles. The lowest BCUT2D eigenvalue weighted by Gasteiger charge is -2.37. The zero-order valence-corrected chi connectivity index (χ0v) is 25.9. The first-order valence-electron chi connectivity index (χ1n) is 14.0. The molecule has 1 aliphatic rings. The van der Waals surface area contributed by atoms with E-state index >= 15 is 0 Å². The normalized spacial score (nSPS) is 22.2. The monoisotopic (exact) mass is 635 g/mol. The maximum atomic E-state index is 13.2. The zero-order valence-electron chi connectivity index (χ0n) is 25.1. The third-order valence-corrected chi connectivity index (χ3v) is 9.01. The van der Waals surface area contributed by atoms with Gasteiger partial charge in [0.1, 0.15) is 18.0 Å². The van der Waals surface area contributed by atoms with Gasteiger partial charge < -0.3 is 19.5 Å². The number of benzene rings is 2. The van der Waals surface area contributed by atoms with E-state index < -0.39 is 58.6 Å². The minimum atomic E-state index is -4.22. The number of hydrogen-bond donors (Lipinski definition) is 1. The van der Waals surface area contributed by atoms with Gasteiger partial charge in [-0.05, 0) is 31.2 Å². The van der Waals surface area contributed by atoms with Crippen molar-refractivity contribution in [1.82, 2.24) is 19.5 Å². The van der Waals surface area contributed by atoms with Crippen molar-refractivity contribution in [2.24, 2.45) is 5.92 Å². The highest BCUT2D eigenvalue weighted by Gasteiger charge is 2.61. The molecule has 1 fully saturated rings. The molecule has 236 valence electrons. The summed E-state index contributed by atoms with van der Waals surface area (Å²) < 4.78 is 51.8. The molecule has 0 saturated carbocycles. The number of nitrogens with zero attached hydrogens (tertiary/aromatic N) is 4. The second kappa shape index (κ2) is 12.9. The number of esters is 1. The molecule has 5 rings (SSSR count). The minimum absolute atomic E-state index is 0.0306. The maximum absolute atomic E-state index is 13.2.